The van der Waals surface area contributed by atoms with Crippen molar-refractivity contribution < 1.29 is 14.1 Å². The first kappa shape index (κ1) is 26.5. The second-order valence-corrected chi connectivity index (χ2v) is 9.16. The third-order valence-electron chi connectivity index (χ3n) is 4.84. The fourth-order valence-corrected chi connectivity index (χ4v) is 3.61. The van der Waals surface area contributed by atoms with Crippen LogP contribution in [0.1, 0.15) is 29.7 Å². The highest BCUT2D eigenvalue weighted by molar-refractivity contribution is 7.74. The number of nitrogens with zero attached hydrogens (tertiary/aromatic N) is 5. The average Bonchev–Trinajstić information content (AvgIpc) is 2.81. The van der Waals surface area contributed by atoms with Crippen LogP contribution in [0.4, 0.5) is 5.95 Å². The smallest absolute Gasteiger partial charge is 0.273 e. The highest BCUT2D eigenvalue weighted by Gasteiger charge is 2.16. The summed E-state index contributed by atoms with van der Waals surface area (Å²) in [6.07, 6.45) is 4.74. The summed E-state index contributed by atoms with van der Waals surface area (Å²) in [5.74, 6) is 0.799. The molecule has 2 aromatic carbocycles. The zero-order valence-corrected chi connectivity index (χ0v) is 21.4. The average molecular weight is 533 g/mol. The van der Waals surface area contributed by atoms with Crippen LogP contribution in [0.25, 0.3) is 16.5 Å². The lowest BCUT2D eigenvalue weighted by Crippen LogP contribution is -2.36. The summed E-state index contributed by atoms with van der Waals surface area (Å²) in [6, 6.07) is 10.8. The molecule has 35 heavy (non-hydrogen) atoms. The number of nitriles is 1. The van der Waals surface area contributed by atoms with Gasteiger partial charge in [-0.3, -0.25) is 4.99 Å². The van der Waals surface area contributed by atoms with Crippen molar-refractivity contribution in [3.63, 3.8) is 0 Å². The van der Waals surface area contributed by atoms with Crippen LogP contribution in [0.3, 0.4) is 0 Å². The quantitative estimate of drug-likeness (QED) is 0.101. The monoisotopic (exact) mass is 532 g/mol. The Kier molecular flexibility index (Phi) is 8.77. The summed E-state index contributed by atoms with van der Waals surface area (Å²) >= 11 is 16.0. The minimum absolute atomic E-state index is 0.207. The second-order valence-electron chi connectivity index (χ2n) is 7.60. The maximum Gasteiger partial charge on any atom is 0.273 e. The number of allylic oxidation sites excluding steroid dienone is 1. The number of anilines is 1. The maximum atomic E-state index is 9.77. The normalized spacial score (nSPS) is 14.5. The third kappa shape index (κ3) is 6.97. The van der Waals surface area contributed by atoms with Gasteiger partial charge >= 0.3 is 0 Å². The van der Waals surface area contributed by atoms with E-state index in [1.54, 1.807) is 24.5 Å². The number of quaternary nitrogens is 1. The van der Waals surface area contributed by atoms with E-state index in [-0.39, 0.29) is 24.5 Å². The van der Waals surface area contributed by atoms with E-state index >= 15 is 0 Å². The molecule has 1 heterocycles. The van der Waals surface area contributed by atoms with Crippen LogP contribution in [0.2, 0.25) is 5.02 Å². The number of halogens is 2. The van der Waals surface area contributed by atoms with Gasteiger partial charge in [-0.2, -0.15) is 15.9 Å². The molecule has 0 fully saturated rings. The zero-order chi connectivity index (χ0) is 25.6. The van der Waals surface area contributed by atoms with Crippen LogP contribution in [0.5, 0.6) is 5.75 Å². The molecule has 3 rings (SSSR count). The number of fused-ring (bicyclic) bond motifs is 1. The number of hydrogen-bond acceptors (Lipinski definition) is 9. The molecular formula is C23H24Cl2N7O2S+. The van der Waals surface area contributed by atoms with Gasteiger partial charge < -0.3 is 10.5 Å². The summed E-state index contributed by atoms with van der Waals surface area (Å²) in [7, 11) is 1.41. The Morgan fingerprint density at radius 2 is 2.20 bits per heavy atom. The molecule has 4 N–H and O–H groups in total. The Morgan fingerprint density at radius 1 is 1.43 bits per heavy atom. The van der Waals surface area contributed by atoms with Gasteiger partial charge in [-0.15, -0.1) is 11.6 Å². The molecule has 12 heteroatoms. The van der Waals surface area contributed by atoms with E-state index in [0.717, 1.165) is 16.5 Å². The van der Waals surface area contributed by atoms with Gasteiger partial charge in [-0.25, -0.2) is 9.97 Å². The number of alkyl halides is 1. The van der Waals surface area contributed by atoms with E-state index in [1.807, 2.05) is 25.1 Å². The summed E-state index contributed by atoms with van der Waals surface area (Å²) in [5, 5.41) is 20.4. The van der Waals surface area contributed by atoms with Crippen LogP contribution < -0.4 is 15.9 Å². The van der Waals surface area contributed by atoms with Gasteiger partial charge in [0.2, 0.25) is 0 Å². The molecule has 182 valence electrons. The number of hydrogen-bond donors (Lipinski definition) is 4. The number of rotatable bonds is 9. The minimum atomic E-state index is -0.818. The lowest BCUT2D eigenvalue weighted by Gasteiger charge is -2.16. The standard InChI is InChI=1S/C23H24Cl2N7O2S/c1-14(17-7-18(10-26)22(20(25)8-17)34-6-5-24)28-13-19(11-27)15-3-4-16-12-29-23(30-21(16)9-15)31-32(2,33)35/h3-4,7-9,11-14,33,35H,5-6,27H2,1-2H3,(H,29,30,31)/q+1/b19-11+,28-13?. The van der Waals surface area contributed by atoms with Crippen molar-refractivity contribution in [2.45, 2.75) is 13.0 Å². The molecule has 0 aliphatic heterocycles. The van der Waals surface area contributed by atoms with Crippen LogP contribution in [-0.4, -0.2) is 45.1 Å². The van der Waals surface area contributed by atoms with Crippen LogP contribution in [0.15, 0.2) is 47.7 Å². The van der Waals surface area contributed by atoms with Crippen molar-refractivity contribution >= 4 is 64.7 Å². The van der Waals surface area contributed by atoms with E-state index in [9.17, 15) is 10.5 Å². The molecule has 0 saturated heterocycles. The van der Waals surface area contributed by atoms with Crippen LogP contribution in [0, 0.1) is 11.3 Å². The zero-order valence-electron chi connectivity index (χ0n) is 19.0. The van der Waals surface area contributed by atoms with Crippen molar-refractivity contribution in [2.75, 3.05) is 25.0 Å². The van der Waals surface area contributed by atoms with E-state index in [1.165, 1.54) is 13.2 Å². The molecular weight excluding hydrogens is 509 g/mol. The van der Waals surface area contributed by atoms with E-state index in [4.69, 9.17) is 33.7 Å². The predicted octanol–water partition coefficient (Wildman–Crippen LogP) is 4.91. The number of nitrogens with one attached hydrogen (secondary N) is 1. The molecule has 0 radical (unpaired) electrons. The van der Waals surface area contributed by atoms with Crippen molar-refractivity contribution in [1.29, 1.82) is 5.26 Å². The second kappa shape index (κ2) is 11.6. The summed E-state index contributed by atoms with van der Waals surface area (Å²) in [5.41, 5.74) is 11.7. The lowest BCUT2D eigenvalue weighted by molar-refractivity contribution is -0.955. The van der Waals surface area contributed by atoms with E-state index < -0.39 is 4.16 Å². The topological polar surface area (TPSA) is 129 Å². The molecule has 9 nitrogen and oxygen atoms in total. The molecule has 0 amide bonds. The summed E-state index contributed by atoms with van der Waals surface area (Å²) < 4.78 is 4.68. The van der Waals surface area contributed by atoms with Gasteiger partial charge in [0.05, 0.1) is 28.0 Å². The van der Waals surface area contributed by atoms with Gasteiger partial charge in [-0.1, -0.05) is 23.7 Å². The van der Waals surface area contributed by atoms with Gasteiger partial charge in [0, 0.05) is 29.6 Å². The van der Waals surface area contributed by atoms with Crippen molar-refractivity contribution in [3.05, 3.63) is 64.4 Å². The van der Waals surface area contributed by atoms with E-state index in [0.29, 0.717) is 27.4 Å². The predicted molar refractivity (Wildman–Crippen MR) is 142 cm³/mol. The largest absolute Gasteiger partial charge is 0.489 e. The maximum absolute atomic E-state index is 9.77. The van der Waals surface area contributed by atoms with Crippen molar-refractivity contribution in [3.8, 4) is 11.8 Å². The number of ether oxygens (including phenoxy) is 1. The van der Waals surface area contributed by atoms with Crippen LogP contribution in [-0.2, 0) is 0 Å². The summed E-state index contributed by atoms with van der Waals surface area (Å²) in [4.78, 5) is 13.2. The first-order valence-electron chi connectivity index (χ1n) is 10.4. The van der Waals surface area contributed by atoms with Crippen LogP contribution >= 0.6 is 36.0 Å². The number of thiol groups is 1. The molecule has 0 spiro atoms. The Hall–Kier alpha value is -3.07. The molecule has 2 atom stereocenters. The number of benzene rings is 2. The van der Waals surface area contributed by atoms with E-state index in [2.05, 4.69) is 39.3 Å². The summed E-state index contributed by atoms with van der Waals surface area (Å²) in [6.45, 7) is 2.12. The number of hydroxylamine groups is 1. The first-order chi connectivity index (χ1) is 16.6. The Labute approximate surface area is 218 Å². The Bertz CT molecular complexity index is 1320. The van der Waals surface area contributed by atoms with Gasteiger partial charge in [0.25, 0.3) is 5.95 Å². The molecule has 2 unspecified atom stereocenters. The fourth-order valence-electron chi connectivity index (χ4n) is 3.16. The SMILES string of the molecule is CC(N=C/C(=C\N)c1ccc2cnc(N[N+](C)(O)S)nc2c1)c1cc(Cl)c(OCCCl)c(C#N)c1. The Morgan fingerprint density at radius 3 is 2.86 bits per heavy atom. The Balaban J connectivity index is 1.86. The number of aromatic nitrogens is 2. The first-order valence-corrected chi connectivity index (χ1v) is 11.7. The molecule has 1 aromatic heterocycles. The molecule has 0 aliphatic carbocycles. The van der Waals surface area contributed by atoms with Gasteiger partial charge in [0.15, 0.2) is 5.75 Å². The fraction of sp³-hybridized carbons (Fsp3) is 0.217. The van der Waals surface area contributed by atoms with Crippen molar-refractivity contribution in [2.24, 2.45) is 10.7 Å². The third-order valence-corrected chi connectivity index (χ3v) is 5.37. The lowest BCUT2D eigenvalue weighted by atomic mass is 10.0. The van der Waals surface area contributed by atoms with Gasteiger partial charge in [-0.05, 0) is 40.4 Å². The molecule has 3 aromatic rings. The highest BCUT2D eigenvalue weighted by Crippen LogP contribution is 2.33. The highest BCUT2D eigenvalue weighted by atomic mass is 35.5. The van der Waals surface area contributed by atoms with Crippen molar-refractivity contribution in [1.82, 2.24) is 9.97 Å². The minimum Gasteiger partial charge on any atom is -0.489 e. The van der Waals surface area contributed by atoms with Gasteiger partial charge in [0.1, 0.15) is 32.5 Å². The molecule has 0 aliphatic rings. The molecule has 0 saturated carbocycles. The molecule has 0 bridgehead atoms. The number of nitrogens with two attached hydrogens (primary N) is 1. The number of aliphatic imine (C=N–C) groups is 1.